The third-order valence-corrected chi connectivity index (χ3v) is 3.67. The number of nitrogens with two attached hydrogens (primary N) is 1. The van der Waals surface area contributed by atoms with E-state index in [-0.39, 0.29) is 10.6 Å². The first-order valence-corrected chi connectivity index (χ1v) is 7.83. The van der Waals surface area contributed by atoms with Crippen molar-refractivity contribution in [3.63, 3.8) is 0 Å². The molecule has 1 aromatic carbocycles. The van der Waals surface area contributed by atoms with Crippen LogP contribution in [-0.2, 0) is 10.0 Å². The Morgan fingerprint density at radius 3 is 1.84 bits per heavy atom. The van der Waals surface area contributed by atoms with Gasteiger partial charge in [-0.1, -0.05) is 32.9 Å². The molecular formula is C13H24N2O3S. The second-order valence-corrected chi connectivity index (χ2v) is 5.35. The van der Waals surface area contributed by atoms with Crippen LogP contribution in [0.15, 0.2) is 29.2 Å². The number of benzene rings is 1. The first-order chi connectivity index (χ1) is 8.90. The Labute approximate surface area is 116 Å². The van der Waals surface area contributed by atoms with Crippen LogP contribution in [0, 0.1) is 0 Å². The first kappa shape index (κ1) is 17.9. The van der Waals surface area contributed by atoms with Crippen LogP contribution in [0.3, 0.4) is 0 Å². The monoisotopic (exact) mass is 288 g/mol. The molecule has 5 nitrogen and oxygen atoms in total. The molecular weight excluding hydrogens is 264 g/mol. The van der Waals surface area contributed by atoms with E-state index in [0.29, 0.717) is 0 Å². The van der Waals surface area contributed by atoms with Crippen molar-refractivity contribution in [1.29, 1.82) is 0 Å². The van der Waals surface area contributed by atoms with Gasteiger partial charge in [-0.2, -0.15) is 0 Å². The Hall–Kier alpha value is -1.11. The molecule has 0 atom stereocenters. The fourth-order valence-corrected chi connectivity index (χ4v) is 2.22. The minimum atomic E-state index is -3.67. The van der Waals surface area contributed by atoms with E-state index in [1.165, 1.54) is 32.8 Å². The van der Waals surface area contributed by atoms with Crippen molar-refractivity contribution in [2.24, 2.45) is 5.14 Å². The molecule has 0 radical (unpaired) electrons. The molecule has 0 aliphatic carbocycles. The largest absolute Gasteiger partial charge is 0.495 e. The average Bonchev–Trinajstić information content (AvgIpc) is 2.40. The number of hydrogen-bond acceptors (Lipinski definition) is 4. The van der Waals surface area contributed by atoms with Gasteiger partial charge in [-0.3, -0.25) is 0 Å². The Balaban J connectivity index is 0.000000399. The number of primary sulfonamides is 1. The molecule has 110 valence electrons. The minimum absolute atomic E-state index is 0.00694. The van der Waals surface area contributed by atoms with Crippen molar-refractivity contribution in [3.8, 4) is 5.75 Å². The smallest absolute Gasteiger partial charge is 0.241 e. The fourth-order valence-electron chi connectivity index (χ4n) is 1.52. The predicted octanol–water partition coefficient (Wildman–Crippen LogP) is 1.69. The number of rotatable bonds is 5. The molecule has 1 aromatic rings. The molecule has 0 saturated heterocycles. The van der Waals surface area contributed by atoms with E-state index in [1.807, 2.05) is 0 Å². The normalized spacial score (nSPS) is 10.8. The van der Waals surface area contributed by atoms with E-state index in [0.717, 1.165) is 0 Å². The number of para-hydroxylation sites is 1. The summed E-state index contributed by atoms with van der Waals surface area (Å²) in [4.78, 5) is 2.38. The van der Waals surface area contributed by atoms with Gasteiger partial charge in [-0.15, -0.1) is 0 Å². The highest BCUT2D eigenvalue weighted by Crippen LogP contribution is 2.20. The summed E-state index contributed by atoms with van der Waals surface area (Å²) in [5, 5.41) is 4.93. The Morgan fingerprint density at radius 2 is 1.58 bits per heavy atom. The molecule has 0 spiro atoms. The maximum absolute atomic E-state index is 10.9. The standard InChI is InChI=1S/C7H9NO3S.C6H15N/c1-11-6-4-2-3-5-7(6)12(8,9)10;1-4-7(5-2)6-3/h2-5H,1H3,(H2,8,9,10);4-6H2,1-3H3. The van der Waals surface area contributed by atoms with Crippen LogP contribution < -0.4 is 9.88 Å². The fraction of sp³-hybridized carbons (Fsp3) is 0.538. The van der Waals surface area contributed by atoms with Gasteiger partial charge in [-0.05, 0) is 31.8 Å². The minimum Gasteiger partial charge on any atom is -0.495 e. The lowest BCUT2D eigenvalue weighted by Crippen LogP contribution is -2.21. The molecule has 2 N–H and O–H groups in total. The molecule has 0 heterocycles. The second-order valence-electron chi connectivity index (χ2n) is 3.82. The highest BCUT2D eigenvalue weighted by Gasteiger charge is 2.12. The van der Waals surface area contributed by atoms with Crippen LogP contribution >= 0.6 is 0 Å². The zero-order valence-corrected chi connectivity index (χ0v) is 12.9. The Bertz CT molecular complexity index is 451. The first-order valence-electron chi connectivity index (χ1n) is 6.28. The van der Waals surface area contributed by atoms with Crippen molar-refractivity contribution < 1.29 is 13.2 Å². The van der Waals surface area contributed by atoms with E-state index >= 15 is 0 Å². The van der Waals surface area contributed by atoms with Gasteiger partial charge in [0.25, 0.3) is 0 Å². The zero-order chi connectivity index (χ0) is 14.9. The van der Waals surface area contributed by atoms with Crippen molar-refractivity contribution >= 4 is 10.0 Å². The molecule has 19 heavy (non-hydrogen) atoms. The van der Waals surface area contributed by atoms with Gasteiger partial charge >= 0.3 is 0 Å². The quantitative estimate of drug-likeness (QED) is 0.895. The summed E-state index contributed by atoms with van der Waals surface area (Å²) in [5.74, 6) is 0.264. The summed E-state index contributed by atoms with van der Waals surface area (Å²) in [6.45, 7) is 10.1. The number of hydrogen-bond donors (Lipinski definition) is 1. The van der Waals surface area contributed by atoms with E-state index < -0.39 is 10.0 Å². The number of nitrogens with zero attached hydrogens (tertiary/aromatic N) is 1. The maximum atomic E-state index is 10.9. The molecule has 1 rings (SSSR count). The molecule has 0 aromatic heterocycles. The third kappa shape index (κ3) is 6.56. The summed E-state index contributed by atoms with van der Waals surface area (Å²) < 4.78 is 26.6. The van der Waals surface area contributed by atoms with Gasteiger partial charge in [0.05, 0.1) is 7.11 Å². The van der Waals surface area contributed by atoms with E-state index in [1.54, 1.807) is 18.2 Å². The van der Waals surface area contributed by atoms with Gasteiger partial charge in [0, 0.05) is 0 Å². The highest BCUT2D eigenvalue weighted by atomic mass is 32.2. The summed E-state index contributed by atoms with van der Waals surface area (Å²) in [6.07, 6.45) is 0. The molecule has 0 aliphatic heterocycles. The molecule has 0 fully saturated rings. The lowest BCUT2D eigenvalue weighted by Gasteiger charge is -2.13. The van der Waals surface area contributed by atoms with Gasteiger partial charge < -0.3 is 9.64 Å². The van der Waals surface area contributed by atoms with Crippen LogP contribution in [0.2, 0.25) is 0 Å². The SMILES string of the molecule is CCN(CC)CC.COc1ccccc1S(N)(=O)=O. The lowest BCUT2D eigenvalue weighted by atomic mass is 10.3. The average molecular weight is 288 g/mol. The maximum Gasteiger partial charge on any atom is 0.241 e. The summed E-state index contributed by atoms with van der Waals surface area (Å²) >= 11 is 0. The Morgan fingerprint density at radius 1 is 1.11 bits per heavy atom. The van der Waals surface area contributed by atoms with Crippen molar-refractivity contribution in [1.82, 2.24) is 4.90 Å². The van der Waals surface area contributed by atoms with E-state index in [4.69, 9.17) is 9.88 Å². The van der Waals surface area contributed by atoms with Crippen LogP contribution in [0.1, 0.15) is 20.8 Å². The predicted molar refractivity (Wildman–Crippen MR) is 77.8 cm³/mol. The topological polar surface area (TPSA) is 72.6 Å². The molecule has 0 unspecified atom stereocenters. The number of methoxy groups -OCH3 is 1. The molecule has 0 amide bonds. The third-order valence-electron chi connectivity index (χ3n) is 2.72. The molecule has 0 saturated carbocycles. The van der Waals surface area contributed by atoms with Crippen molar-refractivity contribution in [2.45, 2.75) is 25.7 Å². The summed E-state index contributed by atoms with van der Waals surface area (Å²) in [6, 6.07) is 6.20. The second kappa shape index (κ2) is 8.90. The highest BCUT2D eigenvalue weighted by molar-refractivity contribution is 7.89. The Kier molecular flexibility index (Phi) is 8.38. The number of sulfonamides is 1. The van der Waals surface area contributed by atoms with Crippen LogP contribution in [0.25, 0.3) is 0 Å². The molecule has 6 heteroatoms. The van der Waals surface area contributed by atoms with Gasteiger partial charge in [0.15, 0.2) is 0 Å². The van der Waals surface area contributed by atoms with E-state index in [9.17, 15) is 8.42 Å². The van der Waals surface area contributed by atoms with Gasteiger partial charge in [-0.25, -0.2) is 13.6 Å². The van der Waals surface area contributed by atoms with Gasteiger partial charge in [0.2, 0.25) is 10.0 Å². The summed E-state index contributed by atoms with van der Waals surface area (Å²) in [7, 11) is -2.28. The number of ether oxygens (including phenoxy) is 1. The zero-order valence-electron chi connectivity index (χ0n) is 12.1. The van der Waals surface area contributed by atoms with Crippen LogP contribution in [0.5, 0.6) is 5.75 Å². The van der Waals surface area contributed by atoms with Crippen LogP contribution in [-0.4, -0.2) is 40.1 Å². The van der Waals surface area contributed by atoms with Gasteiger partial charge in [0.1, 0.15) is 10.6 Å². The van der Waals surface area contributed by atoms with Crippen molar-refractivity contribution in [2.75, 3.05) is 26.7 Å². The van der Waals surface area contributed by atoms with Crippen LogP contribution in [0.4, 0.5) is 0 Å². The molecule has 0 aliphatic rings. The lowest BCUT2D eigenvalue weighted by molar-refractivity contribution is 0.321. The molecule has 0 bridgehead atoms. The van der Waals surface area contributed by atoms with Crippen molar-refractivity contribution in [3.05, 3.63) is 24.3 Å². The van der Waals surface area contributed by atoms with E-state index in [2.05, 4.69) is 25.7 Å². The summed E-state index contributed by atoms with van der Waals surface area (Å²) in [5.41, 5.74) is 0.